The van der Waals surface area contributed by atoms with E-state index in [2.05, 4.69) is 4.90 Å². The first kappa shape index (κ1) is 18.6. The first-order valence-corrected chi connectivity index (χ1v) is 9.43. The van der Waals surface area contributed by atoms with Crippen LogP contribution >= 0.6 is 0 Å². The van der Waals surface area contributed by atoms with Gasteiger partial charge in [-0.05, 0) is 35.7 Å². The maximum absolute atomic E-state index is 12.5. The minimum atomic E-state index is 0.186. The highest BCUT2D eigenvalue weighted by molar-refractivity contribution is 6.02. The lowest BCUT2D eigenvalue weighted by Gasteiger charge is -2.26. The molecule has 1 saturated heterocycles. The molecule has 2 aromatic rings. The Balaban J connectivity index is 1.73. The van der Waals surface area contributed by atoms with Gasteiger partial charge in [0.15, 0.2) is 5.78 Å². The topological polar surface area (TPSA) is 38.8 Å². The Morgan fingerprint density at radius 1 is 1.12 bits per heavy atom. The van der Waals surface area contributed by atoms with E-state index in [9.17, 15) is 4.79 Å². The molecule has 2 aromatic carbocycles. The Morgan fingerprint density at radius 3 is 2.62 bits per heavy atom. The molecule has 0 bridgehead atoms. The summed E-state index contributed by atoms with van der Waals surface area (Å²) in [5.74, 6) is 0.997. The number of carbonyl (C=O) groups is 1. The zero-order chi connectivity index (χ0) is 18.2. The SMILES string of the molecule is CCCC(=O)c1ccc(OCCN2CCOCC2)cc1-c1ccccc1. The van der Waals surface area contributed by atoms with Gasteiger partial charge in [0.05, 0.1) is 13.2 Å². The van der Waals surface area contributed by atoms with Crippen molar-refractivity contribution in [2.75, 3.05) is 39.5 Å². The molecule has 0 spiro atoms. The van der Waals surface area contributed by atoms with Crippen molar-refractivity contribution in [3.05, 3.63) is 54.1 Å². The van der Waals surface area contributed by atoms with E-state index in [1.165, 1.54) is 0 Å². The molecule has 0 radical (unpaired) electrons. The Kier molecular flexibility index (Phi) is 6.81. The van der Waals surface area contributed by atoms with Gasteiger partial charge in [0.1, 0.15) is 12.4 Å². The minimum absolute atomic E-state index is 0.186. The molecule has 1 aliphatic heterocycles. The van der Waals surface area contributed by atoms with Crippen LogP contribution in [-0.4, -0.2) is 50.1 Å². The molecule has 1 aliphatic rings. The second-order valence-electron chi connectivity index (χ2n) is 6.55. The van der Waals surface area contributed by atoms with Crippen molar-refractivity contribution in [3.63, 3.8) is 0 Å². The summed E-state index contributed by atoms with van der Waals surface area (Å²) in [7, 11) is 0. The maximum atomic E-state index is 12.5. The second-order valence-corrected chi connectivity index (χ2v) is 6.55. The fourth-order valence-electron chi connectivity index (χ4n) is 3.19. The van der Waals surface area contributed by atoms with Crippen molar-refractivity contribution < 1.29 is 14.3 Å². The number of nitrogens with zero attached hydrogens (tertiary/aromatic N) is 1. The normalized spacial score (nSPS) is 15.0. The Hall–Kier alpha value is -2.17. The smallest absolute Gasteiger partial charge is 0.163 e. The third kappa shape index (κ3) is 4.93. The van der Waals surface area contributed by atoms with E-state index in [0.29, 0.717) is 13.0 Å². The molecular formula is C22H27NO3. The van der Waals surface area contributed by atoms with Gasteiger partial charge in [0, 0.05) is 31.6 Å². The molecule has 4 heteroatoms. The zero-order valence-corrected chi connectivity index (χ0v) is 15.4. The Labute approximate surface area is 155 Å². The largest absolute Gasteiger partial charge is 0.492 e. The van der Waals surface area contributed by atoms with Crippen LogP contribution in [0.3, 0.4) is 0 Å². The van der Waals surface area contributed by atoms with Crippen molar-refractivity contribution in [2.45, 2.75) is 19.8 Å². The molecule has 138 valence electrons. The van der Waals surface area contributed by atoms with Crippen LogP contribution in [0.2, 0.25) is 0 Å². The lowest BCUT2D eigenvalue weighted by atomic mass is 9.95. The summed E-state index contributed by atoms with van der Waals surface area (Å²) in [6.45, 7) is 7.07. The number of benzene rings is 2. The number of ether oxygens (including phenoxy) is 2. The fraction of sp³-hybridized carbons (Fsp3) is 0.409. The molecule has 3 rings (SSSR count). The summed E-state index contributed by atoms with van der Waals surface area (Å²) in [6.07, 6.45) is 1.42. The Bertz CT molecular complexity index is 709. The molecule has 4 nitrogen and oxygen atoms in total. The third-order valence-corrected chi connectivity index (χ3v) is 4.63. The van der Waals surface area contributed by atoms with E-state index in [0.717, 1.165) is 61.7 Å². The maximum Gasteiger partial charge on any atom is 0.163 e. The highest BCUT2D eigenvalue weighted by Crippen LogP contribution is 2.29. The van der Waals surface area contributed by atoms with Crippen LogP contribution in [0, 0.1) is 0 Å². The van der Waals surface area contributed by atoms with E-state index >= 15 is 0 Å². The lowest BCUT2D eigenvalue weighted by molar-refractivity contribution is 0.0322. The molecule has 0 amide bonds. The standard InChI is InChI=1S/C22H27NO3/c1-2-6-22(24)20-10-9-19(17-21(20)18-7-4-3-5-8-18)26-16-13-23-11-14-25-15-12-23/h3-5,7-10,17H,2,6,11-16H2,1H3. The first-order valence-electron chi connectivity index (χ1n) is 9.43. The average Bonchev–Trinajstić information content (AvgIpc) is 2.69. The third-order valence-electron chi connectivity index (χ3n) is 4.63. The average molecular weight is 353 g/mol. The van der Waals surface area contributed by atoms with Gasteiger partial charge in [-0.1, -0.05) is 37.3 Å². The number of carbonyl (C=O) groups excluding carboxylic acids is 1. The molecule has 0 N–H and O–H groups in total. The first-order chi connectivity index (χ1) is 12.8. The van der Waals surface area contributed by atoms with E-state index < -0.39 is 0 Å². The van der Waals surface area contributed by atoms with Crippen LogP contribution in [-0.2, 0) is 4.74 Å². The summed E-state index contributed by atoms with van der Waals surface area (Å²) in [5.41, 5.74) is 2.78. The minimum Gasteiger partial charge on any atom is -0.492 e. The van der Waals surface area contributed by atoms with Crippen molar-refractivity contribution in [3.8, 4) is 16.9 Å². The summed E-state index contributed by atoms with van der Waals surface area (Å²) >= 11 is 0. The van der Waals surface area contributed by atoms with Crippen molar-refractivity contribution in [1.82, 2.24) is 4.90 Å². The summed E-state index contributed by atoms with van der Waals surface area (Å²) in [5, 5.41) is 0. The van der Waals surface area contributed by atoms with E-state index in [1.807, 2.05) is 55.5 Å². The molecular weight excluding hydrogens is 326 g/mol. The van der Waals surface area contributed by atoms with Gasteiger partial charge in [0.2, 0.25) is 0 Å². The van der Waals surface area contributed by atoms with Gasteiger partial charge in [-0.2, -0.15) is 0 Å². The quantitative estimate of drug-likeness (QED) is 0.671. The van der Waals surface area contributed by atoms with Crippen LogP contribution in [0.15, 0.2) is 48.5 Å². The molecule has 0 unspecified atom stereocenters. The predicted octanol–water partition coefficient (Wildman–Crippen LogP) is 4.05. The van der Waals surface area contributed by atoms with Gasteiger partial charge >= 0.3 is 0 Å². The number of hydrogen-bond acceptors (Lipinski definition) is 4. The number of morpholine rings is 1. The molecule has 26 heavy (non-hydrogen) atoms. The summed E-state index contributed by atoms with van der Waals surface area (Å²) in [6, 6.07) is 15.9. The predicted molar refractivity (Wildman–Crippen MR) is 104 cm³/mol. The molecule has 0 atom stereocenters. The summed E-state index contributed by atoms with van der Waals surface area (Å²) < 4.78 is 11.3. The Morgan fingerprint density at radius 2 is 1.88 bits per heavy atom. The van der Waals surface area contributed by atoms with Gasteiger partial charge < -0.3 is 9.47 Å². The number of hydrogen-bond donors (Lipinski definition) is 0. The van der Waals surface area contributed by atoms with Crippen molar-refractivity contribution >= 4 is 5.78 Å². The molecule has 0 saturated carbocycles. The van der Waals surface area contributed by atoms with Crippen molar-refractivity contribution in [1.29, 1.82) is 0 Å². The lowest BCUT2D eigenvalue weighted by Crippen LogP contribution is -2.38. The van der Waals surface area contributed by atoms with Gasteiger partial charge in [-0.3, -0.25) is 9.69 Å². The monoisotopic (exact) mass is 353 g/mol. The highest BCUT2D eigenvalue weighted by Gasteiger charge is 2.14. The van der Waals surface area contributed by atoms with Gasteiger partial charge in [-0.25, -0.2) is 0 Å². The van der Waals surface area contributed by atoms with Crippen LogP contribution in [0.1, 0.15) is 30.1 Å². The van der Waals surface area contributed by atoms with E-state index in [-0.39, 0.29) is 5.78 Å². The number of ketones is 1. The molecule has 0 aromatic heterocycles. The van der Waals surface area contributed by atoms with Gasteiger partial charge in [0.25, 0.3) is 0 Å². The van der Waals surface area contributed by atoms with Crippen LogP contribution in [0.4, 0.5) is 0 Å². The molecule has 1 heterocycles. The highest BCUT2D eigenvalue weighted by atomic mass is 16.5. The van der Waals surface area contributed by atoms with E-state index in [1.54, 1.807) is 0 Å². The zero-order valence-electron chi connectivity index (χ0n) is 15.4. The van der Waals surface area contributed by atoms with E-state index in [4.69, 9.17) is 9.47 Å². The molecule has 0 aliphatic carbocycles. The summed E-state index contributed by atoms with van der Waals surface area (Å²) in [4.78, 5) is 14.9. The second kappa shape index (κ2) is 9.51. The van der Waals surface area contributed by atoms with Crippen LogP contribution in [0.25, 0.3) is 11.1 Å². The number of rotatable bonds is 8. The number of Topliss-reactive ketones (excluding diaryl/α,β-unsaturated/α-hetero) is 1. The van der Waals surface area contributed by atoms with Gasteiger partial charge in [-0.15, -0.1) is 0 Å². The molecule has 1 fully saturated rings. The van der Waals surface area contributed by atoms with Crippen molar-refractivity contribution in [2.24, 2.45) is 0 Å². The fourth-order valence-corrected chi connectivity index (χ4v) is 3.19. The van der Waals surface area contributed by atoms with Crippen LogP contribution in [0.5, 0.6) is 5.75 Å². The van der Waals surface area contributed by atoms with Crippen LogP contribution < -0.4 is 4.74 Å².